The molecule has 7 heteroatoms. The Morgan fingerprint density at radius 3 is 2.52 bits per heavy atom. The topological polar surface area (TPSA) is 53.1 Å². The first-order valence-electron chi connectivity index (χ1n) is 10.8. The highest BCUT2D eigenvalue weighted by molar-refractivity contribution is 5.95. The number of likely N-dealkylation sites (N-methyl/N-ethyl adjacent to an activating group) is 1. The summed E-state index contributed by atoms with van der Waals surface area (Å²) in [6.45, 7) is 2.33. The molecule has 0 saturated carbocycles. The van der Waals surface area contributed by atoms with Gasteiger partial charge >= 0.3 is 0 Å². The second-order valence-corrected chi connectivity index (χ2v) is 8.13. The number of piperidine rings is 1. The van der Waals surface area contributed by atoms with Gasteiger partial charge in [0.15, 0.2) is 6.61 Å². The molecule has 2 saturated heterocycles. The Labute approximate surface area is 182 Å². The molecule has 2 aromatic carbocycles. The van der Waals surface area contributed by atoms with Gasteiger partial charge in [0.25, 0.3) is 5.91 Å². The van der Waals surface area contributed by atoms with Gasteiger partial charge in [-0.05, 0) is 55.7 Å². The lowest BCUT2D eigenvalue weighted by Gasteiger charge is -2.37. The van der Waals surface area contributed by atoms with Crippen LogP contribution in [0.2, 0.25) is 0 Å². The van der Waals surface area contributed by atoms with Crippen molar-refractivity contribution in [1.29, 1.82) is 0 Å². The maximum absolute atomic E-state index is 13.1. The van der Waals surface area contributed by atoms with Gasteiger partial charge in [0.2, 0.25) is 5.91 Å². The van der Waals surface area contributed by atoms with Crippen LogP contribution in [0.4, 0.5) is 15.8 Å². The molecule has 0 atom stereocenters. The minimum absolute atomic E-state index is 0.0356. The Morgan fingerprint density at radius 2 is 1.84 bits per heavy atom. The third-order valence-electron chi connectivity index (χ3n) is 6.16. The third kappa shape index (κ3) is 4.98. The van der Waals surface area contributed by atoms with Crippen LogP contribution >= 0.6 is 0 Å². The second kappa shape index (κ2) is 9.37. The van der Waals surface area contributed by atoms with Crippen molar-refractivity contribution in [1.82, 2.24) is 4.90 Å². The summed E-state index contributed by atoms with van der Waals surface area (Å²) in [5.41, 5.74) is 1.82. The molecule has 0 spiro atoms. The van der Waals surface area contributed by atoms with Gasteiger partial charge in [-0.25, -0.2) is 4.39 Å². The Hall–Kier alpha value is -3.09. The fraction of sp³-hybridized carbons (Fsp3) is 0.417. The van der Waals surface area contributed by atoms with E-state index in [0.717, 1.165) is 50.3 Å². The van der Waals surface area contributed by atoms with E-state index in [-0.39, 0.29) is 30.3 Å². The Morgan fingerprint density at radius 1 is 1.10 bits per heavy atom. The number of ether oxygens (including phenoxy) is 1. The lowest BCUT2D eigenvalue weighted by Crippen LogP contribution is -2.47. The van der Waals surface area contributed by atoms with Gasteiger partial charge in [-0.3, -0.25) is 9.59 Å². The maximum Gasteiger partial charge on any atom is 0.260 e. The van der Waals surface area contributed by atoms with Gasteiger partial charge < -0.3 is 19.4 Å². The van der Waals surface area contributed by atoms with Crippen molar-refractivity contribution in [2.45, 2.75) is 31.7 Å². The van der Waals surface area contributed by atoms with Crippen molar-refractivity contribution < 1.29 is 18.7 Å². The van der Waals surface area contributed by atoms with Crippen LogP contribution in [0.25, 0.3) is 0 Å². The molecule has 0 unspecified atom stereocenters. The molecular weight excluding hydrogens is 397 g/mol. The molecule has 2 fully saturated rings. The van der Waals surface area contributed by atoms with Crippen LogP contribution in [-0.2, 0) is 9.59 Å². The van der Waals surface area contributed by atoms with E-state index in [0.29, 0.717) is 12.2 Å². The highest BCUT2D eigenvalue weighted by Gasteiger charge is 2.26. The summed E-state index contributed by atoms with van der Waals surface area (Å²) in [4.78, 5) is 30.4. The number of halogens is 1. The highest BCUT2D eigenvalue weighted by Crippen LogP contribution is 2.26. The average molecular weight is 426 g/mol. The summed E-state index contributed by atoms with van der Waals surface area (Å²) >= 11 is 0. The molecule has 0 N–H and O–H groups in total. The summed E-state index contributed by atoms with van der Waals surface area (Å²) in [7, 11) is 1.82. The zero-order valence-corrected chi connectivity index (χ0v) is 17.8. The molecule has 2 aliphatic heterocycles. The van der Waals surface area contributed by atoms with Crippen LogP contribution in [0.1, 0.15) is 25.7 Å². The van der Waals surface area contributed by atoms with Crippen molar-refractivity contribution in [3.05, 3.63) is 54.3 Å². The normalized spacial score (nSPS) is 17.2. The fourth-order valence-corrected chi connectivity index (χ4v) is 4.28. The minimum atomic E-state index is -0.235. The van der Waals surface area contributed by atoms with Crippen LogP contribution < -0.4 is 14.5 Å². The molecule has 2 amide bonds. The lowest BCUT2D eigenvalue weighted by atomic mass is 10.0. The number of benzene rings is 2. The number of hydrogen-bond donors (Lipinski definition) is 0. The van der Waals surface area contributed by atoms with Gasteiger partial charge in [-0.15, -0.1) is 0 Å². The number of amides is 2. The SMILES string of the molecule is CN(C(=O)COc1cccc(N2CCCC2=O)c1)C1CCN(c2ccc(F)cc2)CC1. The molecule has 2 aromatic rings. The molecule has 0 aromatic heterocycles. The van der Waals surface area contributed by atoms with Crippen molar-refractivity contribution in [2.24, 2.45) is 0 Å². The molecule has 0 aliphatic carbocycles. The average Bonchev–Trinajstić information content (AvgIpc) is 3.23. The second-order valence-electron chi connectivity index (χ2n) is 8.13. The zero-order valence-electron chi connectivity index (χ0n) is 17.8. The number of nitrogens with zero attached hydrogens (tertiary/aromatic N) is 3. The predicted molar refractivity (Wildman–Crippen MR) is 118 cm³/mol. The van der Waals surface area contributed by atoms with Crippen LogP contribution in [0.3, 0.4) is 0 Å². The van der Waals surface area contributed by atoms with Gasteiger partial charge in [-0.2, -0.15) is 0 Å². The summed E-state index contributed by atoms with van der Waals surface area (Å²) in [6, 6.07) is 14.0. The van der Waals surface area contributed by atoms with Crippen LogP contribution in [-0.4, -0.2) is 56.0 Å². The number of hydrogen-bond acceptors (Lipinski definition) is 4. The van der Waals surface area contributed by atoms with E-state index in [2.05, 4.69) is 4.90 Å². The summed E-state index contributed by atoms with van der Waals surface area (Å²) in [6.07, 6.45) is 3.15. The third-order valence-corrected chi connectivity index (χ3v) is 6.16. The molecule has 31 heavy (non-hydrogen) atoms. The molecule has 0 radical (unpaired) electrons. The molecule has 6 nitrogen and oxygen atoms in total. The van der Waals surface area contributed by atoms with Crippen molar-refractivity contribution in [3.63, 3.8) is 0 Å². The van der Waals surface area contributed by atoms with E-state index in [1.165, 1.54) is 12.1 Å². The first-order chi connectivity index (χ1) is 15.0. The molecule has 0 bridgehead atoms. The summed E-state index contributed by atoms with van der Waals surface area (Å²) in [5.74, 6) is 0.412. The van der Waals surface area contributed by atoms with E-state index < -0.39 is 0 Å². The monoisotopic (exact) mass is 425 g/mol. The van der Waals surface area contributed by atoms with Crippen LogP contribution in [0, 0.1) is 5.82 Å². The number of rotatable bonds is 6. The van der Waals surface area contributed by atoms with E-state index in [4.69, 9.17) is 4.74 Å². The quantitative estimate of drug-likeness (QED) is 0.711. The fourth-order valence-electron chi connectivity index (χ4n) is 4.28. The van der Waals surface area contributed by atoms with E-state index in [1.807, 2.05) is 25.2 Å². The number of carbonyl (C=O) groups is 2. The number of anilines is 2. The summed E-state index contributed by atoms with van der Waals surface area (Å²) < 4.78 is 18.9. The van der Waals surface area contributed by atoms with Crippen LogP contribution in [0.5, 0.6) is 5.75 Å². The van der Waals surface area contributed by atoms with Crippen molar-refractivity contribution in [2.75, 3.05) is 43.1 Å². The zero-order chi connectivity index (χ0) is 21.8. The Kier molecular flexibility index (Phi) is 6.39. The first kappa shape index (κ1) is 21.2. The Balaban J connectivity index is 1.27. The van der Waals surface area contributed by atoms with Crippen molar-refractivity contribution in [3.8, 4) is 5.75 Å². The van der Waals surface area contributed by atoms with Crippen LogP contribution in [0.15, 0.2) is 48.5 Å². The summed E-state index contributed by atoms with van der Waals surface area (Å²) in [5, 5.41) is 0. The van der Waals surface area contributed by atoms with Crippen molar-refractivity contribution >= 4 is 23.2 Å². The predicted octanol–water partition coefficient (Wildman–Crippen LogP) is 3.46. The molecule has 2 heterocycles. The van der Waals surface area contributed by atoms with Gasteiger partial charge in [0, 0.05) is 56.6 Å². The van der Waals surface area contributed by atoms with E-state index >= 15 is 0 Å². The largest absolute Gasteiger partial charge is 0.484 e. The molecular formula is C24H28FN3O3. The lowest BCUT2D eigenvalue weighted by molar-refractivity contribution is -0.134. The standard InChI is InChI=1S/C24H28FN3O3/c1-26(19-11-14-27(15-12-19)20-9-7-18(25)8-10-20)24(30)17-31-22-5-2-4-21(16-22)28-13-3-6-23(28)29/h2,4-5,7-10,16,19H,3,6,11-15,17H2,1H3. The molecule has 4 rings (SSSR count). The Bertz CT molecular complexity index is 926. The van der Waals surface area contributed by atoms with Gasteiger partial charge in [0.1, 0.15) is 11.6 Å². The van der Waals surface area contributed by atoms with Gasteiger partial charge in [-0.1, -0.05) is 6.07 Å². The smallest absolute Gasteiger partial charge is 0.260 e. The molecule has 164 valence electrons. The first-order valence-corrected chi connectivity index (χ1v) is 10.8. The maximum atomic E-state index is 13.1. The van der Waals surface area contributed by atoms with E-state index in [9.17, 15) is 14.0 Å². The highest BCUT2D eigenvalue weighted by atomic mass is 19.1. The minimum Gasteiger partial charge on any atom is -0.484 e. The van der Waals surface area contributed by atoms with Gasteiger partial charge in [0.05, 0.1) is 0 Å². The number of carbonyl (C=O) groups excluding carboxylic acids is 2. The molecule has 2 aliphatic rings. The van der Waals surface area contributed by atoms with E-state index in [1.54, 1.807) is 28.0 Å².